The van der Waals surface area contributed by atoms with Crippen molar-refractivity contribution in [3.8, 4) is 0 Å². The van der Waals surface area contributed by atoms with Crippen molar-refractivity contribution in [3.63, 3.8) is 0 Å². The second kappa shape index (κ2) is 5.58. The standard InChI is InChI=1S/C13H22N4/c1-16(2)13-6-7-17(10-13)9-12-5-3-4-11(8-14)15-12/h3-5,13H,6-10,14H2,1-2H3. The molecule has 0 spiro atoms. The first-order chi connectivity index (χ1) is 8.19. The minimum atomic E-state index is 0.522. The van der Waals surface area contributed by atoms with Crippen LogP contribution in [0.4, 0.5) is 0 Å². The monoisotopic (exact) mass is 234 g/mol. The molecule has 4 nitrogen and oxygen atoms in total. The van der Waals surface area contributed by atoms with Crippen LogP contribution in [0.25, 0.3) is 0 Å². The van der Waals surface area contributed by atoms with Gasteiger partial charge in [0.1, 0.15) is 0 Å². The smallest absolute Gasteiger partial charge is 0.0547 e. The second-order valence-electron chi connectivity index (χ2n) is 4.97. The van der Waals surface area contributed by atoms with Crippen LogP contribution in [0.3, 0.4) is 0 Å². The molecule has 17 heavy (non-hydrogen) atoms. The molecule has 0 aromatic carbocycles. The Morgan fingerprint density at radius 1 is 1.41 bits per heavy atom. The van der Waals surface area contributed by atoms with Gasteiger partial charge in [-0.1, -0.05) is 6.07 Å². The highest BCUT2D eigenvalue weighted by Crippen LogP contribution is 2.15. The average Bonchev–Trinajstić information content (AvgIpc) is 2.78. The van der Waals surface area contributed by atoms with E-state index in [-0.39, 0.29) is 0 Å². The Bertz CT molecular complexity index is 364. The minimum absolute atomic E-state index is 0.522. The Hall–Kier alpha value is -0.970. The normalized spacial score (nSPS) is 21.3. The first kappa shape index (κ1) is 12.5. The third kappa shape index (κ3) is 3.25. The molecule has 1 fully saturated rings. The van der Waals surface area contributed by atoms with E-state index in [2.05, 4.69) is 34.9 Å². The minimum Gasteiger partial charge on any atom is -0.325 e. The van der Waals surface area contributed by atoms with Gasteiger partial charge in [0.2, 0.25) is 0 Å². The zero-order valence-electron chi connectivity index (χ0n) is 10.8. The number of likely N-dealkylation sites (N-methyl/N-ethyl adjacent to an activating group) is 1. The number of hydrogen-bond donors (Lipinski definition) is 1. The zero-order valence-corrected chi connectivity index (χ0v) is 10.8. The van der Waals surface area contributed by atoms with Gasteiger partial charge < -0.3 is 10.6 Å². The van der Waals surface area contributed by atoms with Crippen molar-refractivity contribution < 1.29 is 0 Å². The Kier molecular flexibility index (Phi) is 4.10. The van der Waals surface area contributed by atoms with Gasteiger partial charge in [0.25, 0.3) is 0 Å². The molecule has 0 amide bonds. The number of pyridine rings is 1. The lowest BCUT2D eigenvalue weighted by atomic mass is 10.2. The molecular weight excluding hydrogens is 212 g/mol. The Labute approximate surface area is 103 Å². The van der Waals surface area contributed by atoms with E-state index in [4.69, 9.17) is 5.73 Å². The van der Waals surface area contributed by atoms with Crippen LogP contribution in [0.15, 0.2) is 18.2 Å². The van der Waals surface area contributed by atoms with Gasteiger partial charge in [-0.2, -0.15) is 0 Å². The summed E-state index contributed by atoms with van der Waals surface area (Å²) in [5.74, 6) is 0. The number of hydrogen-bond acceptors (Lipinski definition) is 4. The summed E-state index contributed by atoms with van der Waals surface area (Å²) in [7, 11) is 4.31. The molecule has 0 saturated carbocycles. The fraction of sp³-hybridized carbons (Fsp3) is 0.615. The van der Waals surface area contributed by atoms with Gasteiger partial charge in [0.05, 0.1) is 11.4 Å². The van der Waals surface area contributed by atoms with Crippen LogP contribution < -0.4 is 5.73 Å². The van der Waals surface area contributed by atoms with Crippen molar-refractivity contribution in [2.75, 3.05) is 27.2 Å². The van der Waals surface area contributed by atoms with E-state index in [1.54, 1.807) is 0 Å². The van der Waals surface area contributed by atoms with E-state index in [0.717, 1.165) is 31.0 Å². The van der Waals surface area contributed by atoms with Crippen molar-refractivity contribution in [1.29, 1.82) is 0 Å². The van der Waals surface area contributed by atoms with Gasteiger partial charge in [-0.3, -0.25) is 9.88 Å². The van der Waals surface area contributed by atoms with E-state index in [1.165, 1.54) is 6.42 Å². The Balaban J connectivity index is 1.93. The first-order valence-electron chi connectivity index (χ1n) is 6.22. The first-order valence-corrected chi connectivity index (χ1v) is 6.22. The Morgan fingerprint density at radius 3 is 2.82 bits per heavy atom. The summed E-state index contributed by atoms with van der Waals surface area (Å²) in [5.41, 5.74) is 7.72. The molecule has 0 aliphatic carbocycles. The maximum absolute atomic E-state index is 5.61. The van der Waals surface area contributed by atoms with E-state index in [9.17, 15) is 0 Å². The SMILES string of the molecule is CN(C)C1CCN(Cc2cccc(CN)n2)C1. The van der Waals surface area contributed by atoms with Crippen molar-refractivity contribution >= 4 is 0 Å². The van der Waals surface area contributed by atoms with Gasteiger partial charge in [-0.05, 0) is 32.6 Å². The highest BCUT2D eigenvalue weighted by molar-refractivity contribution is 5.11. The number of nitrogens with zero attached hydrogens (tertiary/aromatic N) is 3. The van der Waals surface area contributed by atoms with Crippen molar-refractivity contribution in [2.24, 2.45) is 5.73 Å². The zero-order chi connectivity index (χ0) is 12.3. The van der Waals surface area contributed by atoms with Crippen LogP contribution in [-0.4, -0.2) is 48.0 Å². The molecule has 1 aliphatic heterocycles. The van der Waals surface area contributed by atoms with Crippen molar-refractivity contribution in [2.45, 2.75) is 25.6 Å². The number of nitrogens with two attached hydrogens (primary N) is 1. The van der Waals surface area contributed by atoms with Gasteiger partial charge in [-0.25, -0.2) is 0 Å². The van der Waals surface area contributed by atoms with Crippen LogP contribution in [0.5, 0.6) is 0 Å². The highest BCUT2D eigenvalue weighted by Gasteiger charge is 2.23. The van der Waals surface area contributed by atoms with Crippen LogP contribution in [0, 0.1) is 0 Å². The van der Waals surface area contributed by atoms with Gasteiger partial charge in [0.15, 0.2) is 0 Å². The topological polar surface area (TPSA) is 45.4 Å². The summed E-state index contributed by atoms with van der Waals surface area (Å²) in [4.78, 5) is 9.32. The summed E-state index contributed by atoms with van der Waals surface area (Å²) in [5, 5.41) is 0. The summed E-state index contributed by atoms with van der Waals surface area (Å²) >= 11 is 0. The lowest BCUT2D eigenvalue weighted by Crippen LogP contribution is -2.31. The molecule has 1 unspecified atom stereocenters. The summed E-state index contributed by atoms with van der Waals surface area (Å²) < 4.78 is 0. The van der Waals surface area contributed by atoms with E-state index >= 15 is 0 Å². The molecule has 1 atom stereocenters. The van der Waals surface area contributed by atoms with Crippen molar-refractivity contribution in [3.05, 3.63) is 29.6 Å². The largest absolute Gasteiger partial charge is 0.325 e. The van der Waals surface area contributed by atoms with Crippen molar-refractivity contribution in [1.82, 2.24) is 14.8 Å². The molecule has 2 rings (SSSR count). The lowest BCUT2D eigenvalue weighted by molar-refractivity contribution is 0.263. The van der Waals surface area contributed by atoms with Crippen LogP contribution >= 0.6 is 0 Å². The molecule has 2 heterocycles. The van der Waals surface area contributed by atoms with Gasteiger partial charge in [-0.15, -0.1) is 0 Å². The molecule has 0 radical (unpaired) electrons. The quantitative estimate of drug-likeness (QED) is 0.832. The molecule has 1 aromatic heterocycles. The van der Waals surface area contributed by atoms with Crippen LogP contribution in [-0.2, 0) is 13.1 Å². The molecule has 94 valence electrons. The molecule has 1 saturated heterocycles. The summed E-state index contributed by atoms with van der Waals surface area (Å²) in [6.07, 6.45) is 1.25. The number of rotatable bonds is 4. The summed E-state index contributed by atoms with van der Waals surface area (Å²) in [6.45, 7) is 3.77. The average molecular weight is 234 g/mol. The predicted octanol–water partition coefficient (Wildman–Crippen LogP) is 0.676. The number of aromatic nitrogens is 1. The van der Waals surface area contributed by atoms with Gasteiger partial charge in [0, 0.05) is 32.2 Å². The molecule has 2 N–H and O–H groups in total. The van der Waals surface area contributed by atoms with E-state index in [1.807, 2.05) is 12.1 Å². The third-order valence-corrected chi connectivity index (χ3v) is 3.44. The van der Waals surface area contributed by atoms with E-state index < -0.39 is 0 Å². The molecule has 1 aliphatic rings. The Morgan fingerprint density at radius 2 is 2.18 bits per heavy atom. The van der Waals surface area contributed by atoms with Crippen LogP contribution in [0.2, 0.25) is 0 Å². The number of likely N-dealkylation sites (tertiary alicyclic amines) is 1. The lowest BCUT2D eigenvalue weighted by Gasteiger charge is -2.20. The maximum Gasteiger partial charge on any atom is 0.0547 e. The fourth-order valence-electron chi connectivity index (χ4n) is 2.34. The molecular formula is C13H22N4. The molecule has 1 aromatic rings. The van der Waals surface area contributed by atoms with Gasteiger partial charge >= 0.3 is 0 Å². The molecule has 0 bridgehead atoms. The third-order valence-electron chi connectivity index (χ3n) is 3.44. The maximum atomic E-state index is 5.61. The van der Waals surface area contributed by atoms with Crippen LogP contribution in [0.1, 0.15) is 17.8 Å². The fourth-order valence-corrected chi connectivity index (χ4v) is 2.34. The predicted molar refractivity (Wildman–Crippen MR) is 69.5 cm³/mol. The highest BCUT2D eigenvalue weighted by atomic mass is 15.2. The second-order valence-corrected chi connectivity index (χ2v) is 4.97. The van der Waals surface area contributed by atoms with E-state index in [0.29, 0.717) is 12.6 Å². The molecule has 4 heteroatoms. The summed E-state index contributed by atoms with van der Waals surface area (Å²) in [6, 6.07) is 6.80.